The van der Waals surface area contributed by atoms with Crippen molar-refractivity contribution in [2.45, 2.75) is 25.9 Å². The maximum atomic E-state index is 14.1. The Morgan fingerprint density at radius 1 is 0.788 bits per heavy atom. The molecule has 6 N–H and O–H groups in total. The number of halogens is 4. The van der Waals surface area contributed by atoms with Crippen LogP contribution in [0.15, 0.2) is 22.0 Å². The van der Waals surface area contributed by atoms with E-state index in [-0.39, 0.29) is 47.0 Å². The number of hydrogen-bond donors (Lipinski definition) is 3. The van der Waals surface area contributed by atoms with E-state index in [4.69, 9.17) is 43.5 Å². The minimum absolute atomic E-state index is 0.0279. The Hall–Kier alpha value is -4.04. The molecule has 2 atom stereocenters. The number of anilines is 1. The third-order valence-electron chi connectivity index (χ3n) is 7.35. The predicted octanol–water partition coefficient (Wildman–Crippen LogP) is 0.0524. The van der Waals surface area contributed by atoms with Gasteiger partial charge in [-0.05, 0) is 13.8 Å². The third-order valence-corrected chi connectivity index (χ3v) is 8.24. The zero-order chi connectivity index (χ0) is 39.7. The SMILES string of the molecule is C[C@H]1COc2c(F)c(F)c(N)c3c(=O)c(C(N)=O)cn1c23.C[C@H]1COc2c(F)c(F)c([N+](=O)[O-])c3c(=O)c(C(N)=O)cn1c23.O=S(=O)=S(=O)=O.[Na][Na]. The minimum atomic E-state index is -2.95. The second kappa shape index (κ2) is 16.7. The Bertz CT molecular complexity index is 2560. The second-order valence-corrected chi connectivity index (χ2v) is 12.8. The molecule has 4 heterocycles. The molecule has 2 aliphatic heterocycles. The normalized spacial score (nSPS) is 15.0. The van der Waals surface area contributed by atoms with Gasteiger partial charge in [-0.15, -0.1) is 0 Å². The van der Waals surface area contributed by atoms with Crippen LogP contribution < -0.4 is 37.5 Å². The van der Waals surface area contributed by atoms with E-state index in [1.807, 2.05) is 0 Å². The van der Waals surface area contributed by atoms with E-state index in [0.29, 0.717) is 0 Å². The van der Waals surface area contributed by atoms with Gasteiger partial charge in [-0.3, -0.25) is 29.3 Å². The van der Waals surface area contributed by atoms with E-state index in [0.717, 1.165) is 6.20 Å². The van der Waals surface area contributed by atoms with Crippen LogP contribution >= 0.6 is 0 Å². The first kappa shape index (κ1) is 42.4. The number of nitrogens with two attached hydrogens (primary N) is 3. The van der Waals surface area contributed by atoms with E-state index in [1.165, 1.54) is 58.9 Å². The summed E-state index contributed by atoms with van der Waals surface area (Å²) in [4.78, 5) is 57.3. The monoisotopic (exact) mass is 794 g/mol. The summed E-state index contributed by atoms with van der Waals surface area (Å²) in [6.45, 7) is 3.33. The molecule has 0 saturated carbocycles. The van der Waals surface area contributed by atoms with Crippen molar-refractivity contribution >= 4 is 107 Å². The van der Waals surface area contributed by atoms with Crippen molar-refractivity contribution in [3.05, 3.63) is 77.4 Å². The Labute approximate surface area is 317 Å². The van der Waals surface area contributed by atoms with Crippen LogP contribution in [0.4, 0.5) is 28.9 Å². The summed E-state index contributed by atoms with van der Waals surface area (Å²) in [5.41, 5.74) is 10.6. The molecule has 0 fully saturated rings. The van der Waals surface area contributed by atoms with E-state index >= 15 is 0 Å². The molecule has 0 spiro atoms. The average molecular weight is 795 g/mol. The molecule has 0 unspecified atom stereocenters. The van der Waals surface area contributed by atoms with Crippen LogP contribution in [0.3, 0.4) is 0 Å². The Morgan fingerprint density at radius 3 is 1.52 bits per heavy atom. The number of rotatable bonds is 3. The van der Waals surface area contributed by atoms with Crippen molar-refractivity contribution in [3.8, 4) is 11.5 Å². The van der Waals surface area contributed by atoms with Crippen LogP contribution in [0.2, 0.25) is 0 Å². The summed E-state index contributed by atoms with van der Waals surface area (Å²) in [5, 5.41) is 10.1. The predicted molar refractivity (Wildman–Crippen MR) is 174 cm³/mol. The van der Waals surface area contributed by atoms with Crippen LogP contribution in [-0.4, -0.2) is 99.5 Å². The fourth-order valence-corrected chi connectivity index (χ4v) is 5.10. The van der Waals surface area contributed by atoms with Gasteiger partial charge in [0.25, 0.3) is 11.8 Å². The Morgan fingerprint density at radius 2 is 1.15 bits per heavy atom. The van der Waals surface area contributed by atoms with Crippen molar-refractivity contribution in [1.29, 1.82) is 0 Å². The molecule has 6 rings (SSSR count). The number of nitrogens with zero attached hydrogens (tertiary/aromatic N) is 3. The molecule has 0 aliphatic carbocycles. The quantitative estimate of drug-likeness (QED) is 0.0814. The molecule has 0 saturated heterocycles. The van der Waals surface area contributed by atoms with Crippen LogP contribution in [0.25, 0.3) is 21.8 Å². The number of hydrogen-bond acceptors (Lipinski definition) is 13. The molecular weight excluding hydrogens is 774 g/mol. The molecule has 2 aromatic heterocycles. The van der Waals surface area contributed by atoms with Gasteiger partial charge in [0.1, 0.15) is 40.8 Å². The van der Waals surface area contributed by atoms with Gasteiger partial charge < -0.3 is 35.8 Å². The molecule has 4 aromatic rings. The molecule has 0 radical (unpaired) electrons. The summed E-state index contributed by atoms with van der Waals surface area (Å²) < 4.78 is 105. The molecule has 2 aliphatic rings. The molecule has 2 amide bonds. The first-order valence-electron chi connectivity index (χ1n) is 14.4. The first-order valence-corrected chi connectivity index (χ1v) is 25.0. The number of primary amides is 2. The molecular formula is C26H20F4N6Na2O12S2. The number of nitro benzene ring substituents is 1. The van der Waals surface area contributed by atoms with Gasteiger partial charge in [0.2, 0.25) is 28.3 Å². The molecule has 2 aromatic carbocycles. The number of nitro groups is 1. The molecule has 26 heteroatoms. The van der Waals surface area contributed by atoms with E-state index in [9.17, 15) is 46.9 Å². The maximum absolute atomic E-state index is 14.1. The standard InChI is InChI=1S/C13H9F2N3O5.C13H11F2N3O3.2Na.O4S2/c1-4-3-23-12-8(15)7(14)9(18(21)22)6-10(12)17(4)2-5(11(6)19)13(16)20;1-4-3-21-12-8(15)7(14)9(16)6-10(12)18(4)2-5(11(6)19)13(17)20;;;1-5(2)6(3)4/h2,4H,3H2,1H3,(H2,16,20);2,4H,3,16H2,1H3,(H2,17,20);;;/t2*4-;;;/m00.../s1. The third kappa shape index (κ3) is 7.68. The van der Waals surface area contributed by atoms with Crippen LogP contribution in [-0.2, 0) is 18.5 Å². The van der Waals surface area contributed by atoms with Crippen molar-refractivity contribution in [2.24, 2.45) is 11.5 Å². The van der Waals surface area contributed by atoms with Gasteiger partial charge >= 0.3 is 67.8 Å². The number of carbonyl (C=O) groups excluding carboxylic acids is 2. The van der Waals surface area contributed by atoms with Gasteiger partial charge in [0.15, 0.2) is 17.3 Å². The van der Waals surface area contributed by atoms with E-state index < -0.39 is 104 Å². The average Bonchev–Trinajstić information content (AvgIpc) is 3.08. The van der Waals surface area contributed by atoms with Gasteiger partial charge in [0, 0.05) is 12.4 Å². The van der Waals surface area contributed by atoms with Crippen molar-refractivity contribution < 1.29 is 58.4 Å². The van der Waals surface area contributed by atoms with Crippen molar-refractivity contribution in [1.82, 2.24) is 9.13 Å². The zero-order valence-electron chi connectivity index (χ0n) is 27.0. The van der Waals surface area contributed by atoms with E-state index in [1.54, 1.807) is 13.8 Å². The molecule has 0 bridgehead atoms. The van der Waals surface area contributed by atoms with Crippen molar-refractivity contribution in [3.63, 3.8) is 0 Å². The number of benzene rings is 2. The van der Waals surface area contributed by atoms with Gasteiger partial charge in [-0.25, -0.2) is 4.39 Å². The van der Waals surface area contributed by atoms with Crippen LogP contribution in [0, 0.1) is 33.4 Å². The summed E-state index contributed by atoms with van der Waals surface area (Å²) in [6.07, 6.45) is 2.30. The van der Waals surface area contributed by atoms with Crippen molar-refractivity contribution in [2.75, 3.05) is 18.9 Å². The van der Waals surface area contributed by atoms with Crippen LogP contribution in [0.5, 0.6) is 11.5 Å². The van der Waals surface area contributed by atoms with Gasteiger partial charge in [-0.2, -0.15) is 30.0 Å². The van der Waals surface area contributed by atoms with Gasteiger partial charge in [0.05, 0.1) is 28.1 Å². The molecule has 268 valence electrons. The summed E-state index contributed by atoms with van der Waals surface area (Å²) >= 11 is 2.89. The zero-order valence-corrected chi connectivity index (χ0v) is 32.7. The summed E-state index contributed by atoms with van der Waals surface area (Å²) in [7, 11) is -5.90. The fourth-order valence-electron chi connectivity index (χ4n) is 5.10. The summed E-state index contributed by atoms with van der Waals surface area (Å²) in [6, 6.07) is -0.781. The molecule has 52 heavy (non-hydrogen) atoms. The number of amides is 2. The fraction of sp³-hybridized carbons (Fsp3) is 0.231. The number of pyridine rings is 2. The number of aromatic nitrogens is 2. The molecule has 18 nitrogen and oxygen atoms in total. The topological polar surface area (TPSA) is 286 Å². The van der Waals surface area contributed by atoms with Gasteiger partial charge in [-0.1, -0.05) is 0 Å². The number of carbonyl (C=O) groups is 2. The second-order valence-electron chi connectivity index (χ2n) is 10.4. The summed E-state index contributed by atoms with van der Waals surface area (Å²) in [5.74, 6) is -9.09. The van der Waals surface area contributed by atoms with Crippen LogP contribution in [0.1, 0.15) is 46.6 Å². The number of nitrogen functional groups attached to an aromatic ring is 1. The number of ether oxygens (including phenoxy) is 2. The first-order chi connectivity index (χ1) is 24.2. The van der Waals surface area contributed by atoms with E-state index in [2.05, 4.69) is 0 Å². The Kier molecular flexibility index (Phi) is 13.6. The Balaban J connectivity index is 0.000000234.